The summed E-state index contributed by atoms with van der Waals surface area (Å²) in [6.07, 6.45) is 10.2. The van der Waals surface area contributed by atoms with Gasteiger partial charge in [0, 0.05) is 29.7 Å². The lowest BCUT2D eigenvalue weighted by molar-refractivity contribution is 0.0932. The molecule has 0 aromatic carbocycles. The Labute approximate surface area is 151 Å². The Balaban J connectivity index is 1.89. The number of carbonyl (C=O) groups excluding carboxylic acids is 1. The quantitative estimate of drug-likeness (QED) is 0.525. The van der Waals surface area contributed by atoms with Gasteiger partial charge in [0.1, 0.15) is 0 Å². The average Bonchev–Trinajstić information content (AvgIpc) is 3.02. The maximum atomic E-state index is 12.9. The summed E-state index contributed by atoms with van der Waals surface area (Å²) >= 11 is 0. The summed E-state index contributed by atoms with van der Waals surface area (Å²) in [5, 5.41) is 4.30. The zero-order valence-corrected chi connectivity index (χ0v) is 14.6. The fourth-order valence-corrected chi connectivity index (χ4v) is 2.74. The van der Waals surface area contributed by atoms with E-state index in [1.54, 1.807) is 23.9 Å². The molecule has 26 heavy (non-hydrogen) atoms. The highest BCUT2D eigenvalue weighted by Crippen LogP contribution is 2.17. The first-order valence-corrected chi connectivity index (χ1v) is 8.16. The number of ketones is 1. The van der Waals surface area contributed by atoms with Gasteiger partial charge in [-0.15, -0.1) is 6.42 Å². The second-order valence-corrected chi connectivity index (χ2v) is 5.97. The Morgan fingerprint density at radius 1 is 1.31 bits per heavy atom. The third-order valence-electron chi connectivity index (χ3n) is 4.31. The number of pyridine rings is 2. The summed E-state index contributed by atoms with van der Waals surface area (Å²) < 4.78 is 3.08. The molecule has 0 aliphatic carbocycles. The highest BCUT2D eigenvalue weighted by Gasteiger charge is 2.22. The largest absolute Gasteiger partial charge is 0.304 e. The standard InChI is InChI=1S/C20H18N4O2/c1-4-16-8-9-19(25)23(12-16)15(3)20(26)18-11-22-24(14(18)2)13-17-7-5-6-10-21-17/h1,5-12,15H,13H2,2-3H3. The summed E-state index contributed by atoms with van der Waals surface area (Å²) in [5.41, 5.74) is 2.33. The molecule has 0 bridgehead atoms. The lowest BCUT2D eigenvalue weighted by Gasteiger charge is -2.14. The van der Waals surface area contributed by atoms with Gasteiger partial charge in [-0.05, 0) is 32.0 Å². The maximum Gasteiger partial charge on any atom is 0.251 e. The van der Waals surface area contributed by atoms with Crippen molar-refractivity contribution < 1.29 is 4.79 Å². The molecule has 3 aromatic rings. The highest BCUT2D eigenvalue weighted by atomic mass is 16.1. The summed E-state index contributed by atoms with van der Waals surface area (Å²) in [6, 6.07) is 7.90. The predicted octanol–water partition coefficient (Wildman–Crippen LogP) is 2.22. The molecule has 0 aliphatic rings. The first-order chi connectivity index (χ1) is 12.5. The molecule has 0 spiro atoms. The van der Waals surface area contributed by atoms with E-state index in [-0.39, 0.29) is 11.3 Å². The van der Waals surface area contributed by atoms with Crippen molar-refractivity contribution in [2.45, 2.75) is 26.4 Å². The predicted molar refractivity (Wildman–Crippen MR) is 98.0 cm³/mol. The number of Topliss-reactive ketones (excluding diaryl/α,β-unsaturated/α-hetero) is 1. The van der Waals surface area contributed by atoms with Gasteiger partial charge in [-0.1, -0.05) is 12.0 Å². The molecule has 6 heteroatoms. The van der Waals surface area contributed by atoms with E-state index in [2.05, 4.69) is 16.0 Å². The van der Waals surface area contributed by atoms with Crippen LogP contribution < -0.4 is 5.56 Å². The van der Waals surface area contributed by atoms with Gasteiger partial charge in [0.05, 0.1) is 30.0 Å². The number of aromatic nitrogens is 4. The Kier molecular flexibility index (Phi) is 4.81. The average molecular weight is 346 g/mol. The van der Waals surface area contributed by atoms with Gasteiger partial charge in [-0.25, -0.2) is 0 Å². The second kappa shape index (κ2) is 7.19. The number of hydrogen-bond acceptors (Lipinski definition) is 4. The fraction of sp³-hybridized carbons (Fsp3) is 0.200. The van der Waals surface area contributed by atoms with Crippen LogP contribution in [-0.2, 0) is 6.54 Å². The Hall–Kier alpha value is -3.46. The number of nitrogens with zero attached hydrogens (tertiary/aromatic N) is 4. The van der Waals surface area contributed by atoms with Crippen molar-refractivity contribution in [1.82, 2.24) is 19.3 Å². The maximum absolute atomic E-state index is 12.9. The number of terminal acetylenes is 1. The van der Waals surface area contributed by atoms with Gasteiger partial charge in [0.25, 0.3) is 5.56 Å². The molecule has 0 saturated carbocycles. The highest BCUT2D eigenvalue weighted by molar-refractivity contribution is 5.99. The SMILES string of the molecule is C#Cc1ccc(=O)n(C(C)C(=O)c2cnn(Cc3ccccn3)c2C)c1. The van der Waals surface area contributed by atoms with E-state index < -0.39 is 6.04 Å². The van der Waals surface area contributed by atoms with E-state index in [0.29, 0.717) is 17.7 Å². The van der Waals surface area contributed by atoms with E-state index in [1.165, 1.54) is 23.0 Å². The smallest absolute Gasteiger partial charge is 0.251 e. The van der Waals surface area contributed by atoms with Gasteiger partial charge in [0.2, 0.25) is 0 Å². The minimum absolute atomic E-state index is 0.189. The van der Waals surface area contributed by atoms with Crippen molar-refractivity contribution >= 4 is 5.78 Å². The van der Waals surface area contributed by atoms with Crippen LogP contribution in [0.15, 0.2) is 53.7 Å². The molecule has 0 aliphatic heterocycles. The Bertz CT molecular complexity index is 1040. The molecule has 0 N–H and O–H groups in total. The van der Waals surface area contributed by atoms with Crippen LogP contribution in [0.3, 0.4) is 0 Å². The van der Waals surface area contributed by atoms with Crippen molar-refractivity contribution in [3.63, 3.8) is 0 Å². The van der Waals surface area contributed by atoms with Gasteiger partial charge in [-0.3, -0.25) is 19.3 Å². The topological polar surface area (TPSA) is 69.8 Å². The van der Waals surface area contributed by atoms with E-state index in [1.807, 2.05) is 25.1 Å². The van der Waals surface area contributed by atoms with Crippen LogP contribution in [0.4, 0.5) is 0 Å². The molecule has 1 atom stereocenters. The second-order valence-electron chi connectivity index (χ2n) is 5.97. The van der Waals surface area contributed by atoms with Crippen LogP contribution >= 0.6 is 0 Å². The van der Waals surface area contributed by atoms with Crippen molar-refractivity contribution in [1.29, 1.82) is 0 Å². The van der Waals surface area contributed by atoms with Crippen LogP contribution in [0.5, 0.6) is 0 Å². The summed E-state index contributed by atoms with van der Waals surface area (Å²) in [4.78, 5) is 29.3. The van der Waals surface area contributed by atoms with Crippen LogP contribution in [0.25, 0.3) is 0 Å². The Morgan fingerprint density at radius 2 is 2.12 bits per heavy atom. The van der Waals surface area contributed by atoms with E-state index in [9.17, 15) is 9.59 Å². The Morgan fingerprint density at radius 3 is 2.81 bits per heavy atom. The normalized spacial score (nSPS) is 11.7. The van der Waals surface area contributed by atoms with Crippen LogP contribution in [-0.4, -0.2) is 25.1 Å². The van der Waals surface area contributed by atoms with Gasteiger partial charge in [-0.2, -0.15) is 5.10 Å². The van der Waals surface area contributed by atoms with Crippen molar-refractivity contribution in [3.8, 4) is 12.3 Å². The van der Waals surface area contributed by atoms with Crippen molar-refractivity contribution in [2.75, 3.05) is 0 Å². The molecule has 3 rings (SSSR count). The number of carbonyl (C=O) groups is 1. The molecule has 1 unspecified atom stereocenters. The molecular weight excluding hydrogens is 328 g/mol. The van der Waals surface area contributed by atoms with E-state index in [0.717, 1.165) is 11.4 Å². The van der Waals surface area contributed by atoms with Crippen LogP contribution in [0, 0.1) is 19.3 Å². The minimum atomic E-state index is -0.679. The molecule has 0 fully saturated rings. The van der Waals surface area contributed by atoms with Gasteiger partial charge in [0.15, 0.2) is 5.78 Å². The zero-order valence-electron chi connectivity index (χ0n) is 14.6. The molecule has 130 valence electrons. The van der Waals surface area contributed by atoms with Crippen molar-refractivity contribution in [2.24, 2.45) is 0 Å². The lowest BCUT2D eigenvalue weighted by atomic mass is 10.1. The molecule has 3 heterocycles. The van der Waals surface area contributed by atoms with Crippen molar-refractivity contribution in [3.05, 3.63) is 81.8 Å². The van der Waals surface area contributed by atoms with Gasteiger partial charge < -0.3 is 4.57 Å². The molecular formula is C20H18N4O2. The monoisotopic (exact) mass is 346 g/mol. The minimum Gasteiger partial charge on any atom is -0.304 e. The van der Waals surface area contributed by atoms with E-state index in [4.69, 9.17) is 6.42 Å². The summed E-state index contributed by atoms with van der Waals surface area (Å²) in [7, 11) is 0. The first kappa shape index (κ1) is 17.4. The van der Waals surface area contributed by atoms with Crippen LogP contribution in [0.2, 0.25) is 0 Å². The molecule has 0 saturated heterocycles. The fourth-order valence-electron chi connectivity index (χ4n) is 2.74. The molecule has 6 nitrogen and oxygen atoms in total. The third kappa shape index (κ3) is 3.33. The summed E-state index contributed by atoms with van der Waals surface area (Å²) in [6.45, 7) is 3.98. The van der Waals surface area contributed by atoms with E-state index >= 15 is 0 Å². The number of hydrogen-bond donors (Lipinski definition) is 0. The molecule has 0 amide bonds. The zero-order chi connectivity index (χ0) is 18.7. The first-order valence-electron chi connectivity index (χ1n) is 8.16. The molecule has 0 radical (unpaired) electrons. The van der Waals surface area contributed by atoms with Gasteiger partial charge >= 0.3 is 0 Å². The number of rotatable bonds is 5. The lowest BCUT2D eigenvalue weighted by Crippen LogP contribution is -2.27. The van der Waals surface area contributed by atoms with Crippen LogP contribution in [0.1, 0.15) is 40.3 Å². The third-order valence-corrected chi connectivity index (χ3v) is 4.31. The summed E-state index contributed by atoms with van der Waals surface area (Å²) in [5.74, 6) is 2.29. The molecule has 3 aromatic heterocycles.